The van der Waals surface area contributed by atoms with Crippen molar-refractivity contribution in [2.24, 2.45) is 0 Å². The second kappa shape index (κ2) is 5.89. The lowest BCUT2D eigenvalue weighted by Crippen LogP contribution is -2.41. The van der Waals surface area contributed by atoms with Crippen molar-refractivity contribution in [1.82, 2.24) is 0 Å². The second-order valence-corrected chi connectivity index (χ2v) is 11.0. The Kier molecular flexibility index (Phi) is 4.99. The fourth-order valence-electron chi connectivity index (χ4n) is 1.43. The average molecular weight is 266 g/mol. The van der Waals surface area contributed by atoms with E-state index in [2.05, 4.69) is 46.0 Å². The molecular weight excluding hydrogens is 240 g/mol. The minimum atomic E-state index is -1.60. The average Bonchev–Trinajstić information content (AvgIpc) is 2.28. The van der Waals surface area contributed by atoms with Crippen molar-refractivity contribution in [3.63, 3.8) is 0 Å². The topological polar surface area (TPSA) is 18.5 Å². The molecular formula is C15H26O2Si. The highest BCUT2D eigenvalue weighted by atomic mass is 28.4. The summed E-state index contributed by atoms with van der Waals surface area (Å²) in [5, 5.41) is 0.285. The van der Waals surface area contributed by atoms with E-state index >= 15 is 0 Å². The standard InChI is InChI=1S/C15H26O2Si/c1-15(2,3)18(5,6)17-12-11-13-7-9-14(16-4)10-8-13/h7-10H,11-12H2,1-6H3. The Morgan fingerprint density at radius 2 is 1.61 bits per heavy atom. The van der Waals surface area contributed by atoms with Gasteiger partial charge in [0.15, 0.2) is 8.32 Å². The molecule has 0 atom stereocenters. The van der Waals surface area contributed by atoms with Gasteiger partial charge in [0.05, 0.1) is 7.11 Å². The number of hydrogen-bond acceptors (Lipinski definition) is 2. The number of rotatable bonds is 5. The molecule has 2 nitrogen and oxygen atoms in total. The number of ether oxygens (including phenoxy) is 1. The molecule has 3 heteroatoms. The molecule has 0 aliphatic heterocycles. The van der Waals surface area contributed by atoms with Crippen LogP contribution in [0.3, 0.4) is 0 Å². The summed E-state index contributed by atoms with van der Waals surface area (Å²) in [4.78, 5) is 0. The van der Waals surface area contributed by atoms with Gasteiger partial charge in [-0.15, -0.1) is 0 Å². The van der Waals surface area contributed by atoms with Crippen LogP contribution in [0, 0.1) is 0 Å². The molecule has 0 aromatic heterocycles. The zero-order chi connectivity index (χ0) is 13.8. The van der Waals surface area contributed by atoms with Crippen LogP contribution in [0.15, 0.2) is 24.3 Å². The molecule has 0 heterocycles. The Hall–Kier alpha value is -0.803. The lowest BCUT2D eigenvalue weighted by atomic mass is 10.1. The maximum Gasteiger partial charge on any atom is 0.191 e. The summed E-state index contributed by atoms with van der Waals surface area (Å²) in [6, 6.07) is 8.21. The fourth-order valence-corrected chi connectivity index (χ4v) is 2.48. The maximum absolute atomic E-state index is 6.16. The Labute approximate surface area is 112 Å². The van der Waals surface area contributed by atoms with Crippen LogP contribution in [0.2, 0.25) is 18.1 Å². The summed E-state index contributed by atoms with van der Waals surface area (Å²) in [6.07, 6.45) is 0.969. The van der Waals surface area contributed by atoms with Gasteiger partial charge in [-0.25, -0.2) is 0 Å². The Morgan fingerprint density at radius 1 is 1.06 bits per heavy atom. The van der Waals surface area contributed by atoms with Crippen LogP contribution in [0.25, 0.3) is 0 Å². The van der Waals surface area contributed by atoms with E-state index < -0.39 is 8.32 Å². The van der Waals surface area contributed by atoms with Gasteiger partial charge < -0.3 is 9.16 Å². The first-order valence-electron chi connectivity index (χ1n) is 6.53. The lowest BCUT2D eigenvalue weighted by Gasteiger charge is -2.36. The van der Waals surface area contributed by atoms with E-state index in [1.54, 1.807) is 7.11 Å². The van der Waals surface area contributed by atoms with Crippen LogP contribution in [0.5, 0.6) is 5.75 Å². The highest BCUT2D eigenvalue weighted by Crippen LogP contribution is 2.36. The smallest absolute Gasteiger partial charge is 0.191 e. The number of hydrogen-bond donors (Lipinski definition) is 0. The summed E-state index contributed by atoms with van der Waals surface area (Å²) in [7, 11) is 0.0888. The molecule has 0 aliphatic carbocycles. The largest absolute Gasteiger partial charge is 0.497 e. The fraction of sp³-hybridized carbons (Fsp3) is 0.600. The number of benzene rings is 1. The van der Waals surface area contributed by atoms with E-state index in [4.69, 9.17) is 9.16 Å². The summed E-state index contributed by atoms with van der Waals surface area (Å²) in [5.41, 5.74) is 1.30. The minimum Gasteiger partial charge on any atom is -0.497 e. The molecule has 1 rings (SSSR count). The van der Waals surface area contributed by atoms with Crippen molar-refractivity contribution in [1.29, 1.82) is 0 Å². The predicted octanol–water partition coefficient (Wildman–Crippen LogP) is 4.26. The first-order valence-corrected chi connectivity index (χ1v) is 9.44. The second-order valence-electron chi connectivity index (χ2n) is 6.21. The van der Waals surface area contributed by atoms with Crippen LogP contribution >= 0.6 is 0 Å². The molecule has 0 aliphatic rings. The monoisotopic (exact) mass is 266 g/mol. The van der Waals surface area contributed by atoms with Crippen LogP contribution in [0.4, 0.5) is 0 Å². The Balaban J connectivity index is 2.46. The molecule has 0 spiro atoms. The summed E-state index contributed by atoms with van der Waals surface area (Å²) in [6.45, 7) is 12.2. The van der Waals surface area contributed by atoms with Gasteiger partial charge in [-0.3, -0.25) is 0 Å². The third kappa shape index (κ3) is 4.14. The van der Waals surface area contributed by atoms with Gasteiger partial charge >= 0.3 is 0 Å². The van der Waals surface area contributed by atoms with Crippen molar-refractivity contribution in [2.45, 2.75) is 45.3 Å². The predicted molar refractivity (Wildman–Crippen MR) is 79.8 cm³/mol. The molecule has 0 saturated heterocycles. The van der Waals surface area contributed by atoms with Crippen molar-refractivity contribution < 1.29 is 9.16 Å². The SMILES string of the molecule is COc1ccc(CCO[Si](C)(C)C(C)(C)C)cc1. The van der Waals surface area contributed by atoms with Crippen molar-refractivity contribution >= 4 is 8.32 Å². The van der Waals surface area contributed by atoms with Gasteiger partial charge in [0.2, 0.25) is 0 Å². The van der Waals surface area contributed by atoms with E-state index in [0.717, 1.165) is 18.8 Å². The van der Waals surface area contributed by atoms with E-state index in [1.165, 1.54) is 5.56 Å². The maximum atomic E-state index is 6.16. The molecule has 0 bridgehead atoms. The molecule has 0 saturated carbocycles. The normalized spacial score (nSPS) is 12.6. The van der Waals surface area contributed by atoms with Crippen molar-refractivity contribution in [3.8, 4) is 5.75 Å². The number of methoxy groups -OCH3 is 1. The van der Waals surface area contributed by atoms with Crippen LogP contribution < -0.4 is 4.74 Å². The van der Waals surface area contributed by atoms with E-state index in [-0.39, 0.29) is 5.04 Å². The first kappa shape index (κ1) is 15.3. The Morgan fingerprint density at radius 3 is 2.06 bits per heavy atom. The van der Waals surface area contributed by atoms with E-state index in [9.17, 15) is 0 Å². The van der Waals surface area contributed by atoms with E-state index in [0.29, 0.717) is 0 Å². The minimum absolute atomic E-state index is 0.285. The molecule has 0 unspecified atom stereocenters. The van der Waals surface area contributed by atoms with Crippen LogP contribution in [0.1, 0.15) is 26.3 Å². The van der Waals surface area contributed by atoms with Crippen molar-refractivity contribution in [3.05, 3.63) is 29.8 Å². The van der Waals surface area contributed by atoms with Crippen molar-refractivity contribution in [2.75, 3.05) is 13.7 Å². The summed E-state index contributed by atoms with van der Waals surface area (Å²) >= 11 is 0. The first-order chi connectivity index (χ1) is 8.26. The van der Waals surface area contributed by atoms with Gasteiger partial charge in [-0.05, 0) is 42.2 Å². The molecule has 102 valence electrons. The molecule has 0 N–H and O–H groups in total. The molecule has 0 radical (unpaired) electrons. The summed E-state index contributed by atoms with van der Waals surface area (Å²) in [5.74, 6) is 0.907. The quantitative estimate of drug-likeness (QED) is 0.741. The Bertz CT molecular complexity index is 363. The zero-order valence-corrected chi connectivity index (χ0v) is 13.5. The van der Waals surface area contributed by atoms with Crippen LogP contribution in [-0.2, 0) is 10.8 Å². The summed E-state index contributed by atoms with van der Waals surface area (Å²) < 4.78 is 11.3. The van der Waals surface area contributed by atoms with Gasteiger partial charge in [-0.1, -0.05) is 32.9 Å². The molecule has 1 aromatic carbocycles. The third-order valence-corrected chi connectivity index (χ3v) is 8.36. The lowest BCUT2D eigenvalue weighted by molar-refractivity contribution is 0.292. The van der Waals surface area contributed by atoms with E-state index in [1.807, 2.05) is 12.1 Å². The van der Waals surface area contributed by atoms with Gasteiger partial charge in [-0.2, -0.15) is 0 Å². The van der Waals surface area contributed by atoms with Crippen LogP contribution in [-0.4, -0.2) is 22.0 Å². The zero-order valence-electron chi connectivity index (χ0n) is 12.5. The van der Waals surface area contributed by atoms with Gasteiger partial charge in [0.25, 0.3) is 0 Å². The highest BCUT2D eigenvalue weighted by Gasteiger charge is 2.36. The van der Waals surface area contributed by atoms with Gasteiger partial charge in [0, 0.05) is 6.61 Å². The molecule has 0 amide bonds. The van der Waals surface area contributed by atoms with Gasteiger partial charge in [0.1, 0.15) is 5.75 Å². The molecule has 1 aromatic rings. The third-order valence-electron chi connectivity index (χ3n) is 3.82. The molecule has 0 fully saturated rings. The molecule has 18 heavy (non-hydrogen) atoms. The highest BCUT2D eigenvalue weighted by molar-refractivity contribution is 6.74.